The molecule has 0 unspecified atom stereocenters. The van der Waals surface area contributed by atoms with Gasteiger partial charge in [-0.2, -0.15) is 0 Å². The first-order valence-electron chi connectivity index (χ1n) is 3.74. The second-order valence-corrected chi connectivity index (χ2v) is 3.63. The summed E-state index contributed by atoms with van der Waals surface area (Å²) in [7, 11) is 0. The van der Waals surface area contributed by atoms with Gasteiger partial charge in [-0.05, 0) is 25.1 Å². The standard InChI is InChI=1S/C9H6INO2/c1-5(12)6-2-3-8-7(4-6)11-9(10)13-8/h2-4H,1H3. The fourth-order valence-corrected chi connectivity index (χ4v) is 1.62. The Bertz CT molecular complexity index is 475. The lowest BCUT2D eigenvalue weighted by Crippen LogP contribution is -1.90. The Morgan fingerprint density at radius 3 is 3.00 bits per heavy atom. The van der Waals surface area contributed by atoms with Crippen LogP contribution in [0.4, 0.5) is 0 Å². The summed E-state index contributed by atoms with van der Waals surface area (Å²) in [5.41, 5.74) is 2.11. The number of hydrogen-bond acceptors (Lipinski definition) is 3. The third-order valence-corrected chi connectivity index (χ3v) is 2.23. The number of rotatable bonds is 1. The quantitative estimate of drug-likeness (QED) is 0.598. The van der Waals surface area contributed by atoms with Gasteiger partial charge in [0.2, 0.25) is 0 Å². The van der Waals surface area contributed by atoms with Crippen LogP contribution in [-0.2, 0) is 0 Å². The van der Waals surface area contributed by atoms with Crippen LogP contribution in [0.2, 0.25) is 0 Å². The van der Waals surface area contributed by atoms with Crippen LogP contribution in [0.5, 0.6) is 0 Å². The average molecular weight is 287 g/mol. The fourth-order valence-electron chi connectivity index (χ4n) is 1.12. The lowest BCUT2D eigenvalue weighted by Gasteiger charge is -1.92. The van der Waals surface area contributed by atoms with Crippen molar-refractivity contribution in [3.63, 3.8) is 0 Å². The Hall–Kier alpha value is -0.910. The van der Waals surface area contributed by atoms with Crippen LogP contribution in [0.1, 0.15) is 17.3 Å². The second kappa shape index (κ2) is 3.10. The fraction of sp³-hybridized carbons (Fsp3) is 0.111. The van der Waals surface area contributed by atoms with Gasteiger partial charge in [0, 0.05) is 28.2 Å². The average Bonchev–Trinajstić information content (AvgIpc) is 2.42. The molecule has 0 spiro atoms. The number of nitrogens with zero attached hydrogens (tertiary/aromatic N) is 1. The lowest BCUT2D eigenvalue weighted by molar-refractivity contribution is 0.101. The molecule has 2 rings (SSSR count). The molecule has 0 radical (unpaired) electrons. The maximum atomic E-state index is 11.0. The summed E-state index contributed by atoms with van der Waals surface area (Å²) in [5, 5.41) is 0. The zero-order chi connectivity index (χ0) is 9.42. The van der Waals surface area contributed by atoms with E-state index < -0.39 is 0 Å². The van der Waals surface area contributed by atoms with Crippen LogP contribution in [0.3, 0.4) is 0 Å². The third kappa shape index (κ3) is 1.58. The normalized spacial score (nSPS) is 10.6. The van der Waals surface area contributed by atoms with Crippen molar-refractivity contribution in [1.29, 1.82) is 0 Å². The molecule has 1 aromatic carbocycles. The first kappa shape index (κ1) is 8.68. The van der Waals surface area contributed by atoms with E-state index in [-0.39, 0.29) is 5.78 Å². The number of ketones is 1. The molecule has 0 aliphatic rings. The predicted molar refractivity (Wildman–Crippen MR) is 56.7 cm³/mol. The van der Waals surface area contributed by atoms with Crippen molar-refractivity contribution in [2.24, 2.45) is 0 Å². The molecule has 0 saturated carbocycles. The first-order valence-corrected chi connectivity index (χ1v) is 4.82. The zero-order valence-corrected chi connectivity index (χ0v) is 9.03. The van der Waals surface area contributed by atoms with E-state index >= 15 is 0 Å². The maximum Gasteiger partial charge on any atom is 0.258 e. The maximum absolute atomic E-state index is 11.0. The first-order chi connectivity index (χ1) is 6.16. The molecule has 0 bridgehead atoms. The van der Waals surface area contributed by atoms with Gasteiger partial charge in [-0.1, -0.05) is 0 Å². The van der Waals surface area contributed by atoms with E-state index in [1.54, 1.807) is 18.2 Å². The number of hydrogen-bond donors (Lipinski definition) is 0. The Morgan fingerprint density at radius 1 is 1.54 bits per heavy atom. The molecule has 0 fully saturated rings. The zero-order valence-electron chi connectivity index (χ0n) is 6.87. The third-order valence-electron chi connectivity index (χ3n) is 1.77. The summed E-state index contributed by atoms with van der Waals surface area (Å²) >= 11 is 2.00. The van der Waals surface area contributed by atoms with Crippen LogP contribution in [0.15, 0.2) is 22.6 Å². The molecule has 0 aliphatic carbocycles. The molecule has 66 valence electrons. The predicted octanol–water partition coefficient (Wildman–Crippen LogP) is 2.64. The molecule has 3 nitrogen and oxygen atoms in total. The number of benzene rings is 1. The van der Waals surface area contributed by atoms with Gasteiger partial charge in [0.1, 0.15) is 5.52 Å². The number of carbonyl (C=O) groups is 1. The van der Waals surface area contributed by atoms with Crippen molar-refractivity contribution in [2.45, 2.75) is 6.92 Å². The van der Waals surface area contributed by atoms with Crippen LogP contribution in [-0.4, -0.2) is 10.8 Å². The summed E-state index contributed by atoms with van der Waals surface area (Å²) in [6.07, 6.45) is 0. The summed E-state index contributed by atoms with van der Waals surface area (Å²) in [6.45, 7) is 1.53. The molecule has 1 heterocycles. The number of oxazole rings is 1. The van der Waals surface area contributed by atoms with E-state index in [4.69, 9.17) is 4.42 Å². The number of aromatic nitrogens is 1. The second-order valence-electron chi connectivity index (χ2n) is 2.71. The van der Waals surface area contributed by atoms with Crippen molar-refractivity contribution < 1.29 is 9.21 Å². The summed E-state index contributed by atoms with van der Waals surface area (Å²) < 4.78 is 5.86. The molecular weight excluding hydrogens is 281 g/mol. The minimum atomic E-state index is 0.0416. The summed E-state index contributed by atoms with van der Waals surface area (Å²) in [4.78, 5) is 15.2. The number of carbonyl (C=O) groups excluding carboxylic acids is 1. The Labute approximate surface area is 88.3 Å². The van der Waals surface area contributed by atoms with Crippen LogP contribution in [0, 0.1) is 3.90 Å². The van der Waals surface area contributed by atoms with Crippen molar-refractivity contribution in [3.05, 3.63) is 27.7 Å². The van der Waals surface area contributed by atoms with E-state index in [9.17, 15) is 4.79 Å². The largest absolute Gasteiger partial charge is 0.432 e. The molecule has 0 atom stereocenters. The van der Waals surface area contributed by atoms with Gasteiger partial charge in [-0.15, -0.1) is 0 Å². The van der Waals surface area contributed by atoms with Crippen molar-refractivity contribution >= 4 is 39.5 Å². The van der Waals surface area contributed by atoms with Crippen molar-refractivity contribution in [2.75, 3.05) is 0 Å². The van der Waals surface area contributed by atoms with Crippen molar-refractivity contribution in [3.8, 4) is 0 Å². The highest BCUT2D eigenvalue weighted by Gasteiger charge is 2.05. The van der Waals surface area contributed by atoms with E-state index in [0.29, 0.717) is 9.46 Å². The topological polar surface area (TPSA) is 43.1 Å². The van der Waals surface area contributed by atoms with E-state index in [0.717, 1.165) is 11.1 Å². The Morgan fingerprint density at radius 2 is 2.31 bits per heavy atom. The van der Waals surface area contributed by atoms with Crippen LogP contribution >= 0.6 is 22.6 Å². The molecule has 0 aliphatic heterocycles. The smallest absolute Gasteiger partial charge is 0.258 e. The molecule has 2 aromatic rings. The lowest BCUT2D eigenvalue weighted by atomic mass is 10.1. The van der Waals surface area contributed by atoms with E-state index in [1.165, 1.54) is 6.92 Å². The Kier molecular flexibility index (Phi) is 2.07. The highest BCUT2D eigenvalue weighted by atomic mass is 127. The van der Waals surface area contributed by atoms with E-state index in [2.05, 4.69) is 4.98 Å². The molecule has 0 N–H and O–H groups in total. The number of Topliss-reactive ketones (excluding diaryl/α,β-unsaturated/α-hetero) is 1. The van der Waals surface area contributed by atoms with Gasteiger partial charge in [0.15, 0.2) is 11.4 Å². The number of halogens is 1. The Balaban J connectivity index is 2.67. The number of fused-ring (bicyclic) bond motifs is 1. The summed E-state index contributed by atoms with van der Waals surface area (Å²) in [5.74, 6) is 0.0416. The molecule has 4 heteroatoms. The SMILES string of the molecule is CC(=O)c1ccc2oc(I)nc2c1. The minimum absolute atomic E-state index is 0.0416. The van der Waals surface area contributed by atoms with Crippen LogP contribution in [0.25, 0.3) is 11.1 Å². The van der Waals surface area contributed by atoms with Gasteiger partial charge in [-0.25, -0.2) is 4.98 Å². The van der Waals surface area contributed by atoms with Gasteiger partial charge < -0.3 is 4.42 Å². The van der Waals surface area contributed by atoms with Gasteiger partial charge in [0.05, 0.1) is 0 Å². The van der Waals surface area contributed by atoms with Crippen LogP contribution < -0.4 is 0 Å². The van der Waals surface area contributed by atoms with Gasteiger partial charge in [-0.3, -0.25) is 4.79 Å². The molecule has 13 heavy (non-hydrogen) atoms. The van der Waals surface area contributed by atoms with E-state index in [1.807, 2.05) is 22.6 Å². The molecule has 0 amide bonds. The highest BCUT2D eigenvalue weighted by Crippen LogP contribution is 2.18. The van der Waals surface area contributed by atoms with Crippen molar-refractivity contribution in [1.82, 2.24) is 4.98 Å². The molecular formula is C9H6INO2. The van der Waals surface area contributed by atoms with Gasteiger partial charge in [0.25, 0.3) is 3.90 Å². The summed E-state index contributed by atoms with van der Waals surface area (Å²) in [6, 6.07) is 5.25. The molecule has 1 aromatic heterocycles. The van der Waals surface area contributed by atoms with Gasteiger partial charge >= 0.3 is 0 Å². The highest BCUT2D eigenvalue weighted by molar-refractivity contribution is 14.1. The minimum Gasteiger partial charge on any atom is -0.432 e. The monoisotopic (exact) mass is 287 g/mol. The molecule has 0 saturated heterocycles.